The maximum absolute atomic E-state index is 13.6. The molecule has 0 N–H and O–H groups in total. The van der Waals surface area contributed by atoms with Crippen molar-refractivity contribution >= 4 is 5.91 Å². The van der Waals surface area contributed by atoms with Crippen LogP contribution in [0.15, 0.2) is 72.8 Å². The first-order valence-corrected chi connectivity index (χ1v) is 11.8. The molecule has 8 nitrogen and oxygen atoms in total. The summed E-state index contributed by atoms with van der Waals surface area (Å²) in [5, 5.41) is 4.79. The van der Waals surface area contributed by atoms with Gasteiger partial charge in [0.1, 0.15) is 17.2 Å². The van der Waals surface area contributed by atoms with Gasteiger partial charge in [-0.25, -0.2) is 4.68 Å². The molecular weight excluding hydrogens is 470 g/mol. The van der Waals surface area contributed by atoms with E-state index in [2.05, 4.69) is 0 Å². The fourth-order valence-corrected chi connectivity index (χ4v) is 4.01. The summed E-state index contributed by atoms with van der Waals surface area (Å²) >= 11 is 0. The van der Waals surface area contributed by atoms with E-state index in [0.29, 0.717) is 35.9 Å². The highest BCUT2D eigenvalue weighted by atomic mass is 16.5. The lowest BCUT2D eigenvalue weighted by atomic mass is 10.1. The third kappa shape index (κ3) is 5.69. The van der Waals surface area contributed by atoms with Gasteiger partial charge in [-0.05, 0) is 66.6 Å². The first kappa shape index (κ1) is 25.6. The molecule has 0 fully saturated rings. The first-order valence-electron chi connectivity index (χ1n) is 11.8. The number of nitrogens with zero attached hydrogens (tertiary/aromatic N) is 3. The third-order valence-electron chi connectivity index (χ3n) is 6.14. The van der Waals surface area contributed by atoms with E-state index >= 15 is 0 Å². The Morgan fingerprint density at radius 1 is 0.811 bits per heavy atom. The van der Waals surface area contributed by atoms with E-state index in [0.717, 1.165) is 28.3 Å². The Hall–Kier alpha value is -4.46. The SMILES string of the molecule is COc1ccc(-n2nc(-c3cccc(OC)c3)cc2C(=O)N(C)CCc2ccc(OC)c(OC)c2)cc1. The lowest BCUT2D eigenvalue weighted by Crippen LogP contribution is -2.30. The predicted octanol–water partition coefficient (Wildman–Crippen LogP) is 4.89. The molecule has 0 aliphatic carbocycles. The quantitative estimate of drug-likeness (QED) is 0.308. The molecular formula is C29H31N3O5. The van der Waals surface area contributed by atoms with Crippen molar-refractivity contribution < 1.29 is 23.7 Å². The van der Waals surface area contributed by atoms with Gasteiger partial charge in [-0.1, -0.05) is 18.2 Å². The number of benzene rings is 3. The lowest BCUT2D eigenvalue weighted by Gasteiger charge is -2.18. The minimum absolute atomic E-state index is 0.141. The van der Waals surface area contributed by atoms with Crippen LogP contribution >= 0.6 is 0 Å². The monoisotopic (exact) mass is 501 g/mol. The van der Waals surface area contributed by atoms with Crippen molar-refractivity contribution in [3.05, 3.63) is 84.1 Å². The van der Waals surface area contributed by atoms with Gasteiger partial charge in [0.05, 0.1) is 39.8 Å². The maximum Gasteiger partial charge on any atom is 0.272 e. The molecule has 4 aromatic rings. The van der Waals surface area contributed by atoms with Gasteiger partial charge < -0.3 is 23.8 Å². The van der Waals surface area contributed by atoms with Gasteiger partial charge >= 0.3 is 0 Å². The van der Waals surface area contributed by atoms with E-state index in [1.165, 1.54) is 0 Å². The van der Waals surface area contributed by atoms with Gasteiger partial charge in [0.15, 0.2) is 11.5 Å². The van der Waals surface area contributed by atoms with Gasteiger partial charge in [0.25, 0.3) is 5.91 Å². The summed E-state index contributed by atoms with van der Waals surface area (Å²) in [5.74, 6) is 2.64. The molecule has 0 bridgehead atoms. The highest BCUT2D eigenvalue weighted by molar-refractivity contribution is 5.94. The Labute approximate surface area is 217 Å². The molecule has 0 aliphatic rings. The largest absolute Gasteiger partial charge is 0.497 e. The Kier molecular flexibility index (Phi) is 7.98. The van der Waals surface area contributed by atoms with Crippen molar-refractivity contribution in [3.8, 4) is 39.9 Å². The van der Waals surface area contributed by atoms with Crippen LogP contribution in [0.25, 0.3) is 16.9 Å². The van der Waals surface area contributed by atoms with Gasteiger partial charge in [0.2, 0.25) is 0 Å². The number of carbonyl (C=O) groups excluding carboxylic acids is 1. The average molecular weight is 502 g/mol. The van der Waals surface area contributed by atoms with Crippen molar-refractivity contribution in [1.29, 1.82) is 0 Å². The summed E-state index contributed by atoms with van der Waals surface area (Å²) in [4.78, 5) is 15.3. The molecule has 0 unspecified atom stereocenters. The van der Waals surface area contributed by atoms with Crippen molar-refractivity contribution in [2.45, 2.75) is 6.42 Å². The number of amides is 1. The summed E-state index contributed by atoms with van der Waals surface area (Å²) in [6, 6.07) is 22.6. The molecule has 0 saturated carbocycles. The summed E-state index contributed by atoms with van der Waals surface area (Å²) in [7, 11) is 8.25. The van der Waals surface area contributed by atoms with E-state index in [4.69, 9.17) is 24.0 Å². The molecule has 0 aliphatic heterocycles. The molecule has 1 heterocycles. The van der Waals surface area contributed by atoms with E-state index in [1.807, 2.05) is 72.8 Å². The molecule has 3 aromatic carbocycles. The van der Waals surface area contributed by atoms with Crippen LogP contribution in [-0.4, -0.2) is 62.6 Å². The van der Waals surface area contributed by atoms with Crippen LogP contribution in [-0.2, 0) is 6.42 Å². The van der Waals surface area contributed by atoms with Crippen LogP contribution in [0.2, 0.25) is 0 Å². The molecule has 4 rings (SSSR count). The predicted molar refractivity (Wildman–Crippen MR) is 142 cm³/mol. The van der Waals surface area contributed by atoms with Gasteiger partial charge in [0, 0.05) is 19.2 Å². The zero-order valence-corrected chi connectivity index (χ0v) is 21.7. The van der Waals surface area contributed by atoms with Crippen molar-refractivity contribution in [2.24, 2.45) is 0 Å². The second-order valence-electron chi connectivity index (χ2n) is 8.42. The topological polar surface area (TPSA) is 75.1 Å². The average Bonchev–Trinajstić information content (AvgIpc) is 3.41. The fourth-order valence-electron chi connectivity index (χ4n) is 4.01. The number of methoxy groups -OCH3 is 4. The smallest absolute Gasteiger partial charge is 0.272 e. The number of ether oxygens (including phenoxy) is 4. The Balaban J connectivity index is 1.63. The van der Waals surface area contributed by atoms with Crippen molar-refractivity contribution in [3.63, 3.8) is 0 Å². The number of rotatable bonds is 10. The highest BCUT2D eigenvalue weighted by Gasteiger charge is 2.21. The standard InChI is InChI=1S/C29H31N3O5/c1-31(16-15-20-9-14-27(36-4)28(17-20)37-5)29(33)26-19-25(21-7-6-8-24(18-21)35-3)30-32(26)22-10-12-23(34-2)13-11-22/h6-14,17-19H,15-16H2,1-5H3. The molecule has 1 amide bonds. The number of hydrogen-bond acceptors (Lipinski definition) is 6. The summed E-state index contributed by atoms with van der Waals surface area (Å²) in [5.41, 5.74) is 3.78. The number of hydrogen-bond donors (Lipinski definition) is 0. The Morgan fingerprint density at radius 3 is 2.22 bits per heavy atom. The number of likely N-dealkylation sites (N-methyl/N-ethyl adjacent to an activating group) is 1. The molecule has 0 atom stereocenters. The normalized spacial score (nSPS) is 10.6. The van der Waals surface area contributed by atoms with Crippen LogP contribution in [0.3, 0.4) is 0 Å². The van der Waals surface area contributed by atoms with Crippen LogP contribution < -0.4 is 18.9 Å². The second kappa shape index (κ2) is 11.5. The number of aromatic nitrogens is 2. The molecule has 0 spiro atoms. The third-order valence-corrected chi connectivity index (χ3v) is 6.14. The molecule has 8 heteroatoms. The van der Waals surface area contributed by atoms with Crippen LogP contribution in [0, 0.1) is 0 Å². The molecule has 192 valence electrons. The van der Waals surface area contributed by atoms with Gasteiger partial charge in [-0.2, -0.15) is 5.10 Å². The van der Waals surface area contributed by atoms with Crippen molar-refractivity contribution in [1.82, 2.24) is 14.7 Å². The Morgan fingerprint density at radius 2 is 1.54 bits per heavy atom. The zero-order chi connectivity index (χ0) is 26.4. The minimum Gasteiger partial charge on any atom is -0.497 e. The molecule has 0 saturated heterocycles. The van der Waals surface area contributed by atoms with E-state index in [9.17, 15) is 4.79 Å². The summed E-state index contributed by atoms with van der Waals surface area (Å²) in [6.07, 6.45) is 0.655. The van der Waals surface area contributed by atoms with Crippen LogP contribution in [0.5, 0.6) is 23.0 Å². The van der Waals surface area contributed by atoms with E-state index < -0.39 is 0 Å². The van der Waals surface area contributed by atoms with Crippen LogP contribution in [0.1, 0.15) is 16.1 Å². The number of carbonyl (C=O) groups is 1. The van der Waals surface area contributed by atoms with E-state index in [1.54, 1.807) is 45.1 Å². The first-order chi connectivity index (χ1) is 18.0. The second-order valence-corrected chi connectivity index (χ2v) is 8.42. The minimum atomic E-state index is -0.141. The highest BCUT2D eigenvalue weighted by Crippen LogP contribution is 2.29. The van der Waals surface area contributed by atoms with E-state index in [-0.39, 0.29) is 5.91 Å². The van der Waals surface area contributed by atoms with Crippen LogP contribution in [0.4, 0.5) is 0 Å². The zero-order valence-electron chi connectivity index (χ0n) is 21.7. The molecule has 0 radical (unpaired) electrons. The molecule has 1 aromatic heterocycles. The summed E-state index contributed by atoms with van der Waals surface area (Å²) in [6.45, 7) is 0.511. The lowest BCUT2D eigenvalue weighted by molar-refractivity contribution is 0.0787. The Bertz CT molecular complexity index is 1360. The van der Waals surface area contributed by atoms with Gasteiger partial charge in [-0.15, -0.1) is 0 Å². The summed E-state index contributed by atoms with van der Waals surface area (Å²) < 4.78 is 23.1. The fraction of sp³-hybridized carbons (Fsp3) is 0.241. The van der Waals surface area contributed by atoms with Crippen molar-refractivity contribution in [2.75, 3.05) is 42.0 Å². The maximum atomic E-state index is 13.6. The molecule has 37 heavy (non-hydrogen) atoms. The van der Waals surface area contributed by atoms with Gasteiger partial charge in [-0.3, -0.25) is 4.79 Å².